The number of aliphatic carboxylic acids is 1. The third-order valence-electron chi connectivity index (χ3n) is 2.57. The topological polar surface area (TPSA) is 82.5 Å². The van der Waals surface area contributed by atoms with Crippen molar-refractivity contribution in [2.75, 3.05) is 13.1 Å². The van der Waals surface area contributed by atoms with Gasteiger partial charge in [-0.05, 0) is 25.0 Å². The molecular formula is C14H21N3O3. The Bertz CT molecular complexity index is 474. The molecule has 0 bridgehead atoms. The lowest BCUT2D eigenvalue weighted by Gasteiger charge is -2.23. The molecule has 0 aliphatic heterocycles. The Hall–Kier alpha value is -2.11. The minimum atomic E-state index is -1.02. The van der Waals surface area contributed by atoms with Gasteiger partial charge in [-0.25, -0.2) is 4.79 Å². The Kier molecular flexibility index (Phi) is 5.96. The Morgan fingerprint density at radius 3 is 2.65 bits per heavy atom. The number of aromatic nitrogens is 1. The van der Waals surface area contributed by atoms with Gasteiger partial charge in [0.05, 0.1) is 12.2 Å². The van der Waals surface area contributed by atoms with E-state index < -0.39 is 5.97 Å². The lowest BCUT2D eigenvalue weighted by Crippen LogP contribution is -2.44. The first-order valence-corrected chi connectivity index (χ1v) is 6.55. The summed E-state index contributed by atoms with van der Waals surface area (Å²) in [5.41, 5.74) is 1.62. The van der Waals surface area contributed by atoms with Crippen LogP contribution in [0.15, 0.2) is 18.2 Å². The first-order chi connectivity index (χ1) is 9.38. The zero-order chi connectivity index (χ0) is 15.1. The largest absolute Gasteiger partial charge is 0.480 e. The van der Waals surface area contributed by atoms with Gasteiger partial charge in [0.25, 0.3) is 0 Å². The van der Waals surface area contributed by atoms with E-state index in [1.165, 1.54) is 4.90 Å². The number of urea groups is 1. The second-order valence-electron chi connectivity index (χ2n) is 5.10. The van der Waals surface area contributed by atoms with E-state index in [1.54, 1.807) is 0 Å². The molecule has 1 rings (SSSR count). The summed E-state index contributed by atoms with van der Waals surface area (Å²) in [6, 6.07) is 5.18. The van der Waals surface area contributed by atoms with Crippen molar-refractivity contribution < 1.29 is 14.7 Å². The summed E-state index contributed by atoms with van der Waals surface area (Å²) in [4.78, 5) is 28.3. The van der Waals surface area contributed by atoms with Crippen LogP contribution in [-0.4, -0.2) is 40.1 Å². The summed E-state index contributed by atoms with van der Waals surface area (Å²) < 4.78 is 0. The number of hydrogen-bond acceptors (Lipinski definition) is 3. The van der Waals surface area contributed by atoms with Crippen molar-refractivity contribution >= 4 is 12.0 Å². The molecule has 0 aliphatic rings. The number of pyridine rings is 1. The van der Waals surface area contributed by atoms with Crippen molar-refractivity contribution in [2.45, 2.75) is 27.3 Å². The molecule has 0 atom stereocenters. The molecule has 1 aromatic rings. The van der Waals surface area contributed by atoms with E-state index in [0.717, 1.165) is 11.4 Å². The molecule has 0 unspecified atom stereocenters. The van der Waals surface area contributed by atoms with Crippen LogP contribution in [-0.2, 0) is 11.3 Å². The van der Waals surface area contributed by atoms with Crippen molar-refractivity contribution in [3.05, 3.63) is 29.6 Å². The van der Waals surface area contributed by atoms with E-state index >= 15 is 0 Å². The first-order valence-electron chi connectivity index (χ1n) is 6.55. The summed E-state index contributed by atoms with van der Waals surface area (Å²) in [7, 11) is 0. The van der Waals surface area contributed by atoms with Gasteiger partial charge in [0, 0.05) is 12.2 Å². The van der Waals surface area contributed by atoms with Crippen LogP contribution in [0, 0.1) is 12.8 Å². The van der Waals surface area contributed by atoms with Gasteiger partial charge in [-0.2, -0.15) is 0 Å². The predicted molar refractivity (Wildman–Crippen MR) is 75.3 cm³/mol. The van der Waals surface area contributed by atoms with E-state index in [9.17, 15) is 9.59 Å². The zero-order valence-corrected chi connectivity index (χ0v) is 12.1. The van der Waals surface area contributed by atoms with Crippen LogP contribution < -0.4 is 5.32 Å². The van der Waals surface area contributed by atoms with Crippen molar-refractivity contribution in [1.82, 2.24) is 15.2 Å². The third-order valence-corrected chi connectivity index (χ3v) is 2.57. The number of nitrogens with one attached hydrogen (secondary N) is 1. The highest BCUT2D eigenvalue weighted by molar-refractivity contribution is 5.80. The fraction of sp³-hybridized carbons (Fsp3) is 0.500. The summed E-state index contributed by atoms with van der Waals surface area (Å²) in [6.07, 6.45) is 0. The van der Waals surface area contributed by atoms with E-state index in [-0.39, 0.29) is 25.0 Å². The molecule has 0 saturated carbocycles. The van der Waals surface area contributed by atoms with Gasteiger partial charge in [0.15, 0.2) is 0 Å². The molecule has 0 saturated heterocycles. The summed E-state index contributed by atoms with van der Waals surface area (Å²) in [6.45, 7) is 6.13. The molecule has 2 N–H and O–H groups in total. The number of carboxylic acids is 1. The quantitative estimate of drug-likeness (QED) is 0.829. The highest BCUT2D eigenvalue weighted by Crippen LogP contribution is 2.01. The number of carbonyl (C=O) groups is 2. The van der Waals surface area contributed by atoms with Gasteiger partial charge in [-0.15, -0.1) is 0 Å². The Morgan fingerprint density at radius 1 is 1.40 bits per heavy atom. The highest BCUT2D eigenvalue weighted by Gasteiger charge is 2.17. The minimum absolute atomic E-state index is 0.206. The van der Waals surface area contributed by atoms with E-state index in [2.05, 4.69) is 10.3 Å². The minimum Gasteiger partial charge on any atom is -0.480 e. The summed E-state index contributed by atoms with van der Waals surface area (Å²) in [5, 5.41) is 11.5. The van der Waals surface area contributed by atoms with Crippen LogP contribution in [0.4, 0.5) is 4.79 Å². The van der Waals surface area contributed by atoms with Crippen LogP contribution >= 0.6 is 0 Å². The van der Waals surface area contributed by atoms with E-state index in [0.29, 0.717) is 6.54 Å². The smallest absolute Gasteiger partial charge is 0.323 e. The lowest BCUT2D eigenvalue weighted by atomic mass is 10.2. The number of amides is 2. The molecule has 2 amide bonds. The van der Waals surface area contributed by atoms with Crippen LogP contribution in [0.1, 0.15) is 25.2 Å². The normalized spacial score (nSPS) is 10.4. The Labute approximate surface area is 118 Å². The van der Waals surface area contributed by atoms with Crippen molar-refractivity contribution in [3.63, 3.8) is 0 Å². The number of carbonyl (C=O) groups excluding carboxylic acids is 1. The van der Waals surface area contributed by atoms with Crippen molar-refractivity contribution in [2.24, 2.45) is 5.92 Å². The monoisotopic (exact) mass is 279 g/mol. The van der Waals surface area contributed by atoms with Gasteiger partial charge in [-0.1, -0.05) is 19.9 Å². The molecule has 0 aromatic carbocycles. The molecule has 1 heterocycles. The average molecular weight is 279 g/mol. The second-order valence-corrected chi connectivity index (χ2v) is 5.10. The molecule has 20 heavy (non-hydrogen) atoms. The Balaban J connectivity index is 2.59. The van der Waals surface area contributed by atoms with E-state index in [1.807, 2.05) is 39.0 Å². The predicted octanol–water partition coefficient (Wildman–Crippen LogP) is 1.64. The lowest BCUT2D eigenvalue weighted by molar-refractivity contribution is -0.137. The molecule has 0 aliphatic carbocycles. The van der Waals surface area contributed by atoms with Crippen molar-refractivity contribution in [1.29, 1.82) is 0 Å². The maximum absolute atomic E-state index is 12.0. The average Bonchev–Trinajstić information content (AvgIpc) is 2.34. The molecule has 0 spiro atoms. The second kappa shape index (κ2) is 7.47. The number of rotatable bonds is 6. The van der Waals surface area contributed by atoms with Gasteiger partial charge >= 0.3 is 12.0 Å². The molecule has 1 aromatic heterocycles. The van der Waals surface area contributed by atoms with Crippen LogP contribution in [0.2, 0.25) is 0 Å². The number of carboxylic acid groups (broad SMARTS) is 1. The maximum Gasteiger partial charge on any atom is 0.323 e. The molecule has 110 valence electrons. The van der Waals surface area contributed by atoms with Crippen LogP contribution in [0.25, 0.3) is 0 Å². The maximum atomic E-state index is 12.0. The zero-order valence-electron chi connectivity index (χ0n) is 12.1. The van der Waals surface area contributed by atoms with Crippen LogP contribution in [0.3, 0.4) is 0 Å². The number of hydrogen-bond donors (Lipinski definition) is 2. The SMILES string of the molecule is Cc1cccc(CNC(=O)N(CC(=O)O)CC(C)C)n1. The highest BCUT2D eigenvalue weighted by atomic mass is 16.4. The fourth-order valence-corrected chi connectivity index (χ4v) is 1.80. The molecular weight excluding hydrogens is 258 g/mol. The van der Waals surface area contributed by atoms with Crippen molar-refractivity contribution in [3.8, 4) is 0 Å². The molecule has 0 fully saturated rings. The summed E-state index contributed by atoms with van der Waals surface area (Å²) in [5.74, 6) is -0.813. The van der Waals surface area contributed by atoms with Crippen LogP contribution in [0.5, 0.6) is 0 Å². The summed E-state index contributed by atoms with van der Waals surface area (Å²) >= 11 is 0. The first kappa shape index (κ1) is 15.9. The van der Waals surface area contributed by atoms with Gasteiger partial charge in [-0.3, -0.25) is 9.78 Å². The standard InChI is InChI=1S/C14H21N3O3/c1-10(2)8-17(9-13(18)19)14(20)15-7-12-6-4-5-11(3)16-12/h4-6,10H,7-9H2,1-3H3,(H,15,20)(H,18,19). The number of aryl methyl sites for hydroxylation is 1. The Morgan fingerprint density at radius 2 is 2.10 bits per heavy atom. The molecule has 6 heteroatoms. The van der Waals surface area contributed by atoms with E-state index in [4.69, 9.17) is 5.11 Å². The molecule has 6 nitrogen and oxygen atoms in total. The fourth-order valence-electron chi connectivity index (χ4n) is 1.80. The van der Waals surface area contributed by atoms with Gasteiger partial charge in [0.1, 0.15) is 6.54 Å². The van der Waals surface area contributed by atoms with Gasteiger partial charge in [0.2, 0.25) is 0 Å². The third kappa shape index (κ3) is 5.69. The molecule has 0 radical (unpaired) electrons. The number of nitrogens with zero attached hydrogens (tertiary/aromatic N) is 2. The van der Waals surface area contributed by atoms with Gasteiger partial charge < -0.3 is 15.3 Å².